The summed E-state index contributed by atoms with van der Waals surface area (Å²) in [5, 5.41) is 0.102. The molecule has 20 heavy (non-hydrogen) atoms. The highest BCUT2D eigenvalue weighted by Crippen LogP contribution is 2.32. The van der Waals surface area contributed by atoms with Crippen molar-refractivity contribution < 1.29 is 17.6 Å². The van der Waals surface area contributed by atoms with Crippen LogP contribution in [0.25, 0.3) is 11.4 Å². The van der Waals surface area contributed by atoms with Crippen molar-refractivity contribution in [2.24, 2.45) is 0 Å². The van der Waals surface area contributed by atoms with E-state index in [0.717, 1.165) is 12.1 Å². The molecule has 0 saturated carbocycles. The normalized spacial score (nSPS) is 11.7. The van der Waals surface area contributed by atoms with Gasteiger partial charge in [0, 0.05) is 11.3 Å². The molecule has 106 valence electrons. The quantitative estimate of drug-likeness (QED) is 0.602. The molecule has 1 aromatic carbocycles. The molecule has 2 aromatic rings. The van der Waals surface area contributed by atoms with E-state index in [2.05, 4.69) is 9.97 Å². The minimum absolute atomic E-state index is 0.0284. The van der Waals surface area contributed by atoms with Crippen molar-refractivity contribution in [3.63, 3.8) is 0 Å². The van der Waals surface area contributed by atoms with Crippen LogP contribution in [-0.4, -0.2) is 9.97 Å². The van der Waals surface area contributed by atoms with Gasteiger partial charge in [0.15, 0.2) is 5.82 Å². The lowest BCUT2D eigenvalue weighted by molar-refractivity contribution is -0.137. The number of halogens is 5. The fourth-order valence-electron chi connectivity index (χ4n) is 1.66. The number of alkyl halides is 3. The van der Waals surface area contributed by atoms with Crippen LogP contribution in [0.2, 0.25) is 5.15 Å². The zero-order chi connectivity index (χ0) is 14.9. The Morgan fingerprint density at radius 3 is 2.40 bits per heavy atom. The first kappa shape index (κ1) is 14.7. The maximum absolute atomic E-state index is 13.3. The average molecular weight is 305 g/mol. The van der Waals surface area contributed by atoms with Crippen molar-refractivity contribution in [3.8, 4) is 11.4 Å². The third kappa shape index (κ3) is 3.25. The van der Waals surface area contributed by atoms with Crippen LogP contribution in [0.4, 0.5) is 17.6 Å². The SMILES string of the molecule is CCc1cc(Cl)nc(-c2cc(F)cc(C(F)(F)F)c2)n1. The van der Waals surface area contributed by atoms with Gasteiger partial charge in [-0.15, -0.1) is 0 Å². The lowest BCUT2D eigenvalue weighted by atomic mass is 10.1. The van der Waals surface area contributed by atoms with E-state index < -0.39 is 17.6 Å². The second-order valence-electron chi connectivity index (χ2n) is 4.09. The maximum atomic E-state index is 13.3. The molecule has 1 heterocycles. The number of aromatic nitrogens is 2. The number of benzene rings is 1. The van der Waals surface area contributed by atoms with Crippen LogP contribution in [0, 0.1) is 5.82 Å². The first-order valence-corrected chi connectivity index (χ1v) is 6.09. The lowest BCUT2D eigenvalue weighted by Gasteiger charge is -2.09. The van der Waals surface area contributed by atoms with E-state index in [4.69, 9.17) is 11.6 Å². The van der Waals surface area contributed by atoms with Crippen LogP contribution >= 0.6 is 11.6 Å². The van der Waals surface area contributed by atoms with Crippen molar-refractivity contribution >= 4 is 11.6 Å². The van der Waals surface area contributed by atoms with Crippen LogP contribution in [0.5, 0.6) is 0 Å². The second-order valence-corrected chi connectivity index (χ2v) is 4.47. The highest BCUT2D eigenvalue weighted by atomic mass is 35.5. The van der Waals surface area contributed by atoms with Gasteiger partial charge >= 0.3 is 6.18 Å². The summed E-state index contributed by atoms with van der Waals surface area (Å²) >= 11 is 5.78. The molecule has 2 nitrogen and oxygen atoms in total. The van der Waals surface area contributed by atoms with Gasteiger partial charge in [-0.2, -0.15) is 13.2 Å². The highest BCUT2D eigenvalue weighted by molar-refractivity contribution is 6.29. The van der Waals surface area contributed by atoms with Crippen molar-refractivity contribution in [2.45, 2.75) is 19.5 Å². The van der Waals surface area contributed by atoms with Gasteiger partial charge in [-0.3, -0.25) is 0 Å². The smallest absolute Gasteiger partial charge is 0.233 e. The molecule has 0 N–H and O–H groups in total. The standard InChI is InChI=1S/C13H9ClF4N2/c1-2-10-6-11(14)20-12(19-10)7-3-8(13(16,17)18)5-9(15)4-7/h3-6H,2H2,1H3. The van der Waals surface area contributed by atoms with E-state index in [1.54, 1.807) is 0 Å². The van der Waals surface area contributed by atoms with E-state index in [1.807, 2.05) is 6.92 Å². The molecule has 7 heteroatoms. The largest absolute Gasteiger partial charge is 0.416 e. The van der Waals surface area contributed by atoms with Gasteiger partial charge in [-0.05, 0) is 30.7 Å². The lowest BCUT2D eigenvalue weighted by Crippen LogP contribution is -2.06. The Bertz CT molecular complexity index is 641. The zero-order valence-corrected chi connectivity index (χ0v) is 11.1. The first-order valence-electron chi connectivity index (χ1n) is 5.71. The van der Waals surface area contributed by atoms with Gasteiger partial charge in [-0.25, -0.2) is 14.4 Å². The summed E-state index contributed by atoms with van der Waals surface area (Å²) < 4.78 is 51.3. The molecule has 0 bridgehead atoms. The third-order valence-electron chi connectivity index (χ3n) is 2.59. The van der Waals surface area contributed by atoms with Gasteiger partial charge in [0.1, 0.15) is 11.0 Å². The molecule has 0 fully saturated rings. The summed E-state index contributed by atoms with van der Waals surface area (Å²) in [5.41, 5.74) is -0.582. The number of nitrogens with zero attached hydrogens (tertiary/aromatic N) is 2. The molecule has 0 amide bonds. The van der Waals surface area contributed by atoms with E-state index in [9.17, 15) is 17.6 Å². The molecule has 0 saturated heterocycles. The fourth-order valence-corrected chi connectivity index (χ4v) is 1.86. The summed E-state index contributed by atoms with van der Waals surface area (Å²) in [7, 11) is 0. The van der Waals surface area contributed by atoms with Crippen molar-refractivity contribution in [1.82, 2.24) is 9.97 Å². The summed E-state index contributed by atoms with van der Waals surface area (Å²) in [6.45, 7) is 1.81. The van der Waals surface area contributed by atoms with Crippen molar-refractivity contribution in [3.05, 3.63) is 46.5 Å². The summed E-state index contributed by atoms with van der Waals surface area (Å²) in [6, 6.07) is 3.68. The van der Waals surface area contributed by atoms with E-state index in [-0.39, 0.29) is 16.5 Å². The number of hydrogen-bond donors (Lipinski definition) is 0. The monoisotopic (exact) mass is 304 g/mol. The van der Waals surface area contributed by atoms with Gasteiger partial charge in [0.25, 0.3) is 0 Å². The fraction of sp³-hybridized carbons (Fsp3) is 0.231. The molecule has 0 atom stereocenters. The molecular weight excluding hydrogens is 296 g/mol. The number of rotatable bonds is 2. The van der Waals surface area contributed by atoms with Crippen molar-refractivity contribution in [1.29, 1.82) is 0 Å². The Labute approximate surface area is 117 Å². The van der Waals surface area contributed by atoms with Crippen LogP contribution in [0.1, 0.15) is 18.2 Å². The first-order chi connectivity index (χ1) is 9.29. The van der Waals surface area contributed by atoms with E-state index >= 15 is 0 Å². The van der Waals surface area contributed by atoms with Crippen LogP contribution in [0.3, 0.4) is 0 Å². The predicted molar refractivity (Wildman–Crippen MR) is 66.8 cm³/mol. The van der Waals surface area contributed by atoms with Crippen molar-refractivity contribution in [2.75, 3.05) is 0 Å². The minimum Gasteiger partial charge on any atom is -0.233 e. The topological polar surface area (TPSA) is 25.8 Å². The maximum Gasteiger partial charge on any atom is 0.416 e. The van der Waals surface area contributed by atoms with Gasteiger partial charge in [-0.1, -0.05) is 18.5 Å². The van der Waals surface area contributed by atoms with Crippen LogP contribution in [0.15, 0.2) is 24.3 Å². The predicted octanol–water partition coefficient (Wildman–Crippen LogP) is 4.52. The van der Waals surface area contributed by atoms with Crippen LogP contribution < -0.4 is 0 Å². The Kier molecular flexibility index (Phi) is 3.94. The Morgan fingerprint density at radius 1 is 1.10 bits per heavy atom. The molecule has 0 aliphatic heterocycles. The molecular formula is C13H9ClF4N2. The Hall–Kier alpha value is -1.69. The average Bonchev–Trinajstić information content (AvgIpc) is 2.36. The second kappa shape index (κ2) is 5.36. The third-order valence-corrected chi connectivity index (χ3v) is 2.79. The molecule has 1 aromatic heterocycles. The molecule has 0 aliphatic carbocycles. The van der Waals surface area contributed by atoms with Gasteiger partial charge in [0.05, 0.1) is 5.56 Å². The molecule has 2 rings (SSSR count). The minimum atomic E-state index is -4.64. The molecule has 0 aliphatic rings. The van der Waals surface area contributed by atoms with E-state index in [0.29, 0.717) is 18.2 Å². The molecule has 0 radical (unpaired) electrons. The zero-order valence-electron chi connectivity index (χ0n) is 10.3. The molecule has 0 spiro atoms. The summed E-state index contributed by atoms with van der Waals surface area (Å²) in [4.78, 5) is 7.89. The summed E-state index contributed by atoms with van der Waals surface area (Å²) in [6.07, 6.45) is -4.10. The highest BCUT2D eigenvalue weighted by Gasteiger charge is 2.31. The van der Waals surface area contributed by atoms with Gasteiger partial charge in [0.2, 0.25) is 0 Å². The Balaban J connectivity index is 2.58. The molecule has 0 unspecified atom stereocenters. The number of aryl methyl sites for hydroxylation is 1. The number of hydrogen-bond acceptors (Lipinski definition) is 2. The van der Waals surface area contributed by atoms with Crippen LogP contribution in [-0.2, 0) is 12.6 Å². The Morgan fingerprint density at radius 2 is 1.80 bits per heavy atom. The summed E-state index contributed by atoms with van der Waals surface area (Å²) in [5.74, 6) is -1.03. The van der Waals surface area contributed by atoms with Gasteiger partial charge < -0.3 is 0 Å². The van der Waals surface area contributed by atoms with E-state index in [1.165, 1.54) is 6.07 Å².